The van der Waals surface area contributed by atoms with Crippen LogP contribution in [0.25, 0.3) is 0 Å². The zero-order valence-corrected chi connectivity index (χ0v) is 11.6. The zero-order valence-electron chi connectivity index (χ0n) is 9.04. The van der Waals surface area contributed by atoms with Crippen LogP contribution >= 0.6 is 30.0 Å². The highest BCUT2D eigenvalue weighted by Gasteiger charge is 2.30. The van der Waals surface area contributed by atoms with Crippen molar-refractivity contribution in [2.24, 2.45) is 0 Å². The molecule has 2 aromatic rings. The molecule has 2 nitrogen and oxygen atoms in total. The molecule has 0 fully saturated rings. The van der Waals surface area contributed by atoms with Gasteiger partial charge in [0.25, 0.3) is 7.37 Å². The maximum Gasteiger partial charge on any atom is 0.280 e. The molecule has 0 aliphatic heterocycles. The molecule has 0 amide bonds. The Morgan fingerprint density at radius 3 is 2.24 bits per heavy atom. The summed E-state index contributed by atoms with van der Waals surface area (Å²) in [6.07, 6.45) is 5.65. The van der Waals surface area contributed by atoms with E-state index in [2.05, 4.69) is 5.92 Å². The third kappa shape index (κ3) is 2.70. The molecule has 2 aromatic heterocycles. The van der Waals surface area contributed by atoms with Crippen molar-refractivity contribution in [3.05, 3.63) is 35.0 Å². The summed E-state index contributed by atoms with van der Waals surface area (Å²) in [5.74, 6) is 2.49. The van der Waals surface area contributed by atoms with Crippen molar-refractivity contribution >= 4 is 39.3 Å². The monoisotopic (exact) mass is 282 g/mol. The van der Waals surface area contributed by atoms with Crippen LogP contribution in [0.4, 0.5) is 0 Å². The van der Waals surface area contributed by atoms with Crippen LogP contribution in [0.1, 0.15) is 6.42 Å². The Labute approximate surface area is 109 Å². The minimum atomic E-state index is -2.92. The van der Waals surface area contributed by atoms with Gasteiger partial charge in [-0.15, -0.1) is 35.0 Å². The topological polar surface area (TPSA) is 26.3 Å². The molecule has 0 aromatic carbocycles. The van der Waals surface area contributed by atoms with Gasteiger partial charge in [0.1, 0.15) is 0 Å². The van der Waals surface area contributed by atoms with Crippen LogP contribution in [0.2, 0.25) is 0 Å². The van der Waals surface area contributed by atoms with Gasteiger partial charge >= 0.3 is 0 Å². The van der Waals surface area contributed by atoms with E-state index in [0.717, 1.165) is 9.24 Å². The molecule has 0 saturated heterocycles. The predicted octanol–water partition coefficient (Wildman–Crippen LogP) is 3.08. The van der Waals surface area contributed by atoms with Gasteiger partial charge in [-0.2, -0.15) is 0 Å². The molecule has 2 heterocycles. The van der Waals surface area contributed by atoms with Gasteiger partial charge in [0, 0.05) is 6.42 Å². The molecule has 0 aliphatic carbocycles. The minimum Gasteiger partial charge on any atom is -0.320 e. The fraction of sp³-hybridized carbons (Fsp3) is 0.167. The van der Waals surface area contributed by atoms with Crippen molar-refractivity contribution in [1.29, 1.82) is 0 Å². The van der Waals surface area contributed by atoms with Gasteiger partial charge in [0.2, 0.25) is 0 Å². The second-order valence-electron chi connectivity index (χ2n) is 3.24. The number of thiophene rings is 2. The molecule has 2 rings (SSSR count). The van der Waals surface area contributed by atoms with E-state index in [1.165, 1.54) is 22.7 Å². The van der Waals surface area contributed by atoms with Crippen LogP contribution in [0.5, 0.6) is 0 Å². The standard InChI is InChI=1S/C12H11O2PS2/c1-2-3-8-14-15(13,11-6-4-9-16-11)12-7-5-10-17-12/h1,4-7,9-10H,3,8H2. The van der Waals surface area contributed by atoms with Crippen molar-refractivity contribution in [1.82, 2.24) is 0 Å². The highest BCUT2D eigenvalue weighted by atomic mass is 32.1. The van der Waals surface area contributed by atoms with Crippen LogP contribution < -0.4 is 9.24 Å². The normalized spacial score (nSPS) is 11.2. The summed E-state index contributed by atoms with van der Waals surface area (Å²) in [5.41, 5.74) is 0. The minimum absolute atomic E-state index is 0.323. The Morgan fingerprint density at radius 2 is 1.82 bits per heavy atom. The highest BCUT2D eigenvalue weighted by molar-refractivity contribution is 7.83. The molecular formula is C12H11O2PS2. The Morgan fingerprint density at radius 1 is 1.24 bits per heavy atom. The van der Waals surface area contributed by atoms with Gasteiger partial charge < -0.3 is 4.52 Å². The van der Waals surface area contributed by atoms with Crippen LogP contribution in [0.3, 0.4) is 0 Å². The lowest BCUT2D eigenvalue weighted by Gasteiger charge is -2.14. The molecule has 88 valence electrons. The summed E-state index contributed by atoms with van der Waals surface area (Å²) in [6.45, 7) is 0.323. The van der Waals surface area contributed by atoms with E-state index in [0.29, 0.717) is 13.0 Å². The molecule has 0 spiro atoms. The zero-order chi connectivity index (χ0) is 12.1. The maximum atomic E-state index is 12.9. The lowest BCUT2D eigenvalue weighted by atomic mass is 10.5. The Kier molecular flexibility index (Phi) is 4.20. The summed E-state index contributed by atoms with van der Waals surface area (Å²) < 4.78 is 20.1. The first-order valence-corrected chi connectivity index (χ1v) is 8.42. The smallest absolute Gasteiger partial charge is 0.280 e. The third-order valence-corrected chi connectivity index (χ3v) is 7.53. The van der Waals surface area contributed by atoms with E-state index >= 15 is 0 Å². The van der Waals surface area contributed by atoms with E-state index in [1.54, 1.807) is 0 Å². The molecule has 0 saturated carbocycles. The van der Waals surface area contributed by atoms with Gasteiger partial charge in [0.15, 0.2) is 0 Å². The number of rotatable bonds is 5. The molecule has 17 heavy (non-hydrogen) atoms. The lowest BCUT2D eigenvalue weighted by Crippen LogP contribution is -2.13. The molecule has 0 aliphatic rings. The molecule has 0 N–H and O–H groups in total. The first-order valence-electron chi connectivity index (χ1n) is 5.03. The van der Waals surface area contributed by atoms with Crippen molar-refractivity contribution < 1.29 is 9.09 Å². The van der Waals surface area contributed by atoms with Crippen molar-refractivity contribution in [3.63, 3.8) is 0 Å². The first-order chi connectivity index (χ1) is 8.27. The second kappa shape index (κ2) is 5.66. The van der Waals surface area contributed by atoms with Crippen LogP contribution in [0.15, 0.2) is 35.0 Å². The highest BCUT2D eigenvalue weighted by Crippen LogP contribution is 2.47. The van der Waals surface area contributed by atoms with Crippen molar-refractivity contribution in [3.8, 4) is 12.3 Å². The first kappa shape index (κ1) is 12.6. The molecular weight excluding hydrogens is 271 g/mol. The van der Waals surface area contributed by atoms with Gasteiger partial charge in [-0.3, -0.25) is 4.57 Å². The molecule has 0 bridgehead atoms. The van der Waals surface area contributed by atoms with Crippen molar-refractivity contribution in [2.75, 3.05) is 6.61 Å². The van der Waals surface area contributed by atoms with Gasteiger partial charge in [-0.1, -0.05) is 12.1 Å². The largest absolute Gasteiger partial charge is 0.320 e. The molecule has 5 heteroatoms. The quantitative estimate of drug-likeness (QED) is 0.478. The van der Waals surface area contributed by atoms with Gasteiger partial charge in [-0.05, 0) is 22.9 Å². The van der Waals surface area contributed by atoms with Crippen molar-refractivity contribution in [2.45, 2.75) is 6.42 Å². The number of terminal acetylenes is 1. The second-order valence-corrected chi connectivity index (χ2v) is 8.07. The number of hydrogen-bond donors (Lipinski definition) is 0. The fourth-order valence-electron chi connectivity index (χ4n) is 1.34. The van der Waals surface area contributed by atoms with Crippen LogP contribution in [-0.4, -0.2) is 6.61 Å². The summed E-state index contributed by atoms with van der Waals surface area (Å²) in [5, 5.41) is 3.81. The Hall–Kier alpha value is -0.850. The summed E-state index contributed by atoms with van der Waals surface area (Å²) in [4.78, 5) is 0. The van der Waals surface area contributed by atoms with E-state index in [-0.39, 0.29) is 0 Å². The summed E-state index contributed by atoms with van der Waals surface area (Å²) in [7, 11) is -2.92. The molecule has 0 atom stereocenters. The van der Waals surface area contributed by atoms with E-state index in [9.17, 15) is 4.57 Å². The molecule has 0 unspecified atom stereocenters. The average Bonchev–Trinajstić information content (AvgIpc) is 3.02. The third-order valence-electron chi connectivity index (χ3n) is 2.11. The van der Waals surface area contributed by atoms with E-state index in [4.69, 9.17) is 10.9 Å². The number of hydrogen-bond acceptors (Lipinski definition) is 4. The van der Waals surface area contributed by atoms with Crippen LogP contribution in [-0.2, 0) is 9.09 Å². The van der Waals surface area contributed by atoms with Gasteiger partial charge in [0.05, 0.1) is 15.8 Å². The Bertz CT molecular complexity index is 499. The molecule has 0 radical (unpaired) electrons. The Balaban J connectivity index is 2.31. The maximum absolute atomic E-state index is 12.9. The average molecular weight is 282 g/mol. The van der Waals surface area contributed by atoms with Gasteiger partial charge in [-0.25, -0.2) is 0 Å². The van der Waals surface area contributed by atoms with Crippen LogP contribution in [0, 0.1) is 12.3 Å². The lowest BCUT2D eigenvalue weighted by molar-refractivity contribution is 0.336. The predicted molar refractivity (Wildman–Crippen MR) is 74.9 cm³/mol. The summed E-state index contributed by atoms with van der Waals surface area (Å²) >= 11 is 2.91. The van der Waals surface area contributed by atoms with E-state index < -0.39 is 7.37 Å². The fourth-order valence-corrected chi connectivity index (χ4v) is 6.19. The SMILES string of the molecule is C#CCCOP(=O)(c1cccs1)c1cccs1. The van der Waals surface area contributed by atoms with E-state index in [1.807, 2.05) is 35.0 Å². The summed E-state index contributed by atoms with van der Waals surface area (Å²) in [6, 6.07) is 7.46.